The molecule has 0 unspecified atom stereocenters. The fraction of sp³-hybridized carbons (Fsp3) is 0.138. The number of rotatable bonds is 6. The third-order valence-electron chi connectivity index (χ3n) is 6.48. The van der Waals surface area contributed by atoms with Crippen LogP contribution < -0.4 is 15.0 Å². The highest BCUT2D eigenvalue weighted by Crippen LogP contribution is 2.29. The molecule has 1 aliphatic rings. The van der Waals surface area contributed by atoms with Crippen LogP contribution in [0.1, 0.15) is 49.3 Å². The van der Waals surface area contributed by atoms with E-state index in [0.29, 0.717) is 34.8 Å². The number of carbonyl (C=O) groups is 3. The number of phenolic OH excluding ortho intramolecular Hbond substituents is 1. The summed E-state index contributed by atoms with van der Waals surface area (Å²) in [5.41, 5.74) is 2.19. The van der Waals surface area contributed by atoms with Gasteiger partial charge in [-0.15, -0.1) is 0 Å². The lowest BCUT2D eigenvalue weighted by Gasteiger charge is -2.34. The number of amides is 2. The Bertz CT molecular complexity index is 1650. The minimum Gasteiger partial charge on any atom is -0.508 e. The molecule has 0 radical (unpaired) electrons. The lowest BCUT2D eigenvalue weighted by Crippen LogP contribution is -2.47. The lowest BCUT2D eigenvalue weighted by molar-refractivity contribution is 0.0933. The zero-order valence-electron chi connectivity index (χ0n) is 21.1. The van der Waals surface area contributed by atoms with Crippen LogP contribution in [0.5, 0.6) is 11.5 Å². The van der Waals surface area contributed by atoms with Crippen LogP contribution in [0.2, 0.25) is 0 Å². The summed E-state index contributed by atoms with van der Waals surface area (Å²) in [6.07, 6.45) is 1.35. The summed E-state index contributed by atoms with van der Waals surface area (Å²) in [5.74, 6) is -0.825. The van der Waals surface area contributed by atoms with Gasteiger partial charge in [0, 0.05) is 22.5 Å². The zero-order chi connectivity index (χ0) is 27.7. The van der Waals surface area contributed by atoms with Crippen LogP contribution in [0.25, 0.3) is 0 Å². The van der Waals surface area contributed by atoms with E-state index >= 15 is 0 Å². The van der Waals surface area contributed by atoms with E-state index in [1.165, 1.54) is 36.2 Å². The van der Waals surface area contributed by atoms with Crippen molar-refractivity contribution in [1.82, 2.24) is 9.78 Å². The predicted molar refractivity (Wildman–Crippen MR) is 142 cm³/mol. The molecule has 2 N–H and O–H groups in total. The Kier molecular flexibility index (Phi) is 6.56. The van der Waals surface area contributed by atoms with Crippen molar-refractivity contribution in [1.29, 1.82) is 5.26 Å². The van der Waals surface area contributed by atoms with Crippen LogP contribution in [-0.4, -0.2) is 45.6 Å². The monoisotopic (exact) mass is 521 g/mol. The first-order chi connectivity index (χ1) is 18.8. The average Bonchev–Trinajstić information content (AvgIpc) is 3.37. The van der Waals surface area contributed by atoms with Crippen molar-refractivity contribution in [3.8, 4) is 17.6 Å². The molecular weight excluding hydrogens is 498 g/mol. The fourth-order valence-corrected chi connectivity index (χ4v) is 4.59. The molecule has 0 spiro atoms. The minimum atomic E-state index is -0.541. The number of anilines is 2. The Labute approximate surface area is 223 Å². The van der Waals surface area contributed by atoms with E-state index in [1.807, 2.05) is 13.0 Å². The van der Waals surface area contributed by atoms with Crippen molar-refractivity contribution < 1.29 is 24.2 Å². The number of fused-ring (bicyclic) bond motifs is 1. The third kappa shape index (κ3) is 4.69. The second-order valence-corrected chi connectivity index (χ2v) is 9.02. The van der Waals surface area contributed by atoms with Gasteiger partial charge in [0.2, 0.25) is 0 Å². The van der Waals surface area contributed by atoms with E-state index < -0.39 is 11.8 Å². The molecule has 2 heterocycles. The quantitative estimate of drug-likeness (QED) is 0.366. The summed E-state index contributed by atoms with van der Waals surface area (Å²) < 4.78 is 6.65. The zero-order valence-corrected chi connectivity index (χ0v) is 21.1. The number of ether oxygens (including phenoxy) is 1. The molecule has 1 aromatic heterocycles. The number of benzene rings is 3. The van der Waals surface area contributed by atoms with Gasteiger partial charge < -0.3 is 20.1 Å². The normalized spacial score (nSPS) is 14.3. The number of aromatic hydroxyl groups is 1. The summed E-state index contributed by atoms with van der Waals surface area (Å²) in [6, 6.07) is 19.1. The molecule has 3 aromatic carbocycles. The highest BCUT2D eigenvalue weighted by atomic mass is 16.5. The average molecular weight is 522 g/mol. The highest BCUT2D eigenvalue weighted by molar-refractivity contribution is 6.16. The number of hydrogen-bond donors (Lipinski definition) is 2. The van der Waals surface area contributed by atoms with Crippen molar-refractivity contribution in [2.45, 2.75) is 19.5 Å². The fourth-order valence-electron chi connectivity index (χ4n) is 4.59. The molecule has 2 amide bonds. The smallest absolute Gasteiger partial charge is 0.277 e. The van der Waals surface area contributed by atoms with E-state index in [1.54, 1.807) is 53.4 Å². The van der Waals surface area contributed by atoms with Crippen molar-refractivity contribution >= 4 is 29.0 Å². The topological polar surface area (TPSA) is 138 Å². The maximum Gasteiger partial charge on any atom is 0.277 e. The summed E-state index contributed by atoms with van der Waals surface area (Å²) in [6.45, 7) is 2.23. The standard InChI is InChI=1S/C29H23N5O5/c1-17-16-33-26(24(15-31-33)28(37)32-21-8-11-25(39-2)20(12-21)14-30)29(38)34(17)22-9-6-18(7-10-22)27(36)19-4-3-5-23(35)13-19/h3-13,15,17,35H,16H2,1-2H3,(H,32,37)/t17-/m0/s1. The second-order valence-electron chi connectivity index (χ2n) is 9.02. The third-order valence-corrected chi connectivity index (χ3v) is 6.48. The number of nitrogens with zero attached hydrogens (tertiary/aromatic N) is 4. The molecule has 4 aromatic rings. The molecule has 1 aliphatic heterocycles. The van der Waals surface area contributed by atoms with Crippen LogP contribution >= 0.6 is 0 Å². The van der Waals surface area contributed by atoms with E-state index in [0.717, 1.165) is 0 Å². The van der Waals surface area contributed by atoms with Gasteiger partial charge in [-0.25, -0.2) is 0 Å². The number of phenols is 1. The Morgan fingerprint density at radius 1 is 1.10 bits per heavy atom. The van der Waals surface area contributed by atoms with Gasteiger partial charge in [0.25, 0.3) is 11.8 Å². The molecule has 0 bridgehead atoms. The van der Waals surface area contributed by atoms with Crippen LogP contribution in [0, 0.1) is 11.3 Å². The van der Waals surface area contributed by atoms with Crippen LogP contribution in [0.4, 0.5) is 11.4 Å². The Morgan fingerprint density at radius 3 is 2.56 bits per heavy atom. The number of nitrogens with one attached hydrogen (secondary N) is 1. The molecule has 1 atom stereocenters. The molecule has 5 rings (SSSR count). The van der Waals surface area contributed by atoms with E-state index in [4.69, 9.17) is 4.74 Å². The van der Waals surface area contributed by atoms with Crippen molar-refractivity contribution in [3.05, 3.63) is 101 Å². The van der Waals surface area contributed by atoms with Gasteiger partial charge in [-0.2, -0.15) is 10.4 Å². The maximum absolute atomic E-state index is 13.7. The SMILES string of the molecule is COc1ccc(NC(=O)c2cnn3c2C(=O)N(c2ccc(C(=O)c4cccc(O)c4)cc2)[C@@H](C)C3)cc1C#N. The largest absolute Gasteiger partial charge is 0.508 e. The molecule has 194 valence electrons. The number of ketones is 1. The van der Waals surface area contributed by atoms with Crippen molar-refractivity contribution in [2.75, 3.05) is 17.3 Å². The molecule has 10 heteroatoms. The first-order valence-electron chi connectivity index (χ1n) is 12.0. The van der Waals surface area contributed by atoms with Gasteiger partial charge in [-0.05, 0) is 61.5 Å². The van der Waals surface area contributed by atoms with Crippen molar-refractivity contribution in [3.63, 3.8) is 0 Å². The Morgan fingerprint density at radius 2 is 1.87 bits per heavy atom. The van der Waals surface area contributed by atoms with Gasteiger partial charge >= 0.3 is 0 Å². The molecule has 10 nitrogen and oxygen atoms in total. The summed E-state index contributed by atoms with van der Waals surface area (Å²) in [5, 5.41) is 26.0. The number of methoxy groups -OCH3 is 1. The predicted octanol–water partition coefficient (Wildman–Crippen LogP) is 4.00. The summed E-state index contributed by atoms with van der Waals surface area (Å²) >= 11 is 0. The second kappa shape index (κ2) is 10.1. The molecule has 0 saturated carbocycles. The van der Waals surface area contributed by atoms with Crippen molar-refractivity contribution in [2.24, 2.45) is 0 Å². The number of aromatic nitrogens is 2. The molecule has 0 saturated heterocycles. The van der Waals surface area contributed by atoms with E-state index in [9.17, 15) is 24.8 Å². The molecule has 0 aliphatic carbocycles. The molecular formula is C29H23N5O5. The molecule has 39 heavy (non-hydrogen) atoms. The Hall–Kier alpha value is -5.43. The number of carbonyl (C=O) groups excluding carboxylic acids is 3. The highest BCUT2D eigenvalue weighted by Gasteiger charge is 2.36. The van der Waals surface area contributed by atoms with Gasteiger partial charge in [0.1, 0.15) is 23.3 Å². The van der Waals surface area contributed by atoms with Crippen LogP contribution in [0.15, 0.2) is 72.9 Å². The van der Waals surface area contributed by atoms with Gasteiger partial charge in [-0.3, -0.25) is 19.1 Å². The van der Waals surface area contributed by atoms with Crippen LogP contribution in [-0.2, 0) is 6.54 Å². The lowest BCUT2D eigenvalue weighted by atomic mass is 10.0. The first-order valence-corrected chi connectivity index (χ1v) is 12.0. The first kappa shape index (κ1) is 25.2. The van der Waals surface area contributed by atoms with Gasteiger partial charge in [-0.1, -0.05) is 12.1 Å². The Balaban J connectivity index is 1.39. The molecule has 0 fully saturated rings. The summed E-state index contributed by atoms with van der Waals surface area (Å²) in [7, 11) is 1.45. The van der Waals surface area contributed by atoms with Gasteiger partial charge in [0.05, 0.1) is 37.0 Å². The van der Waals surface area contributed by atoms with Gasteiger partial charge in [0.15, 0.2) is 5.78 Å². The maximum atomic E-state index is 13.7. The summed E-state index contributed by atoms with van der Waals surface area (Å²) in [4.78, 5) is 41.2. The number of nitriles is 1. The van der Waals surface area contributed by atoms with E-state index in [-0.39, 0.29) is 34.4 Å². The minimum absolute atomic E-state index is 0.000782. The van der Waals surface area contributed by atoms with E-state index in [2.05, 4.69) is 10.4 Å². The van der Waals surface area contributed by atoms with Crippen LogP contribution in [0.3, 0.4) is 0 Å². The number of hydrogen-bond acceptors (Lipinski definition) is 7.